The van der Waals surface area contributed by atoms with Crippen molar-refractivity contribution in [3.63, 3.8) is 0 Å². The summed E-state index contributed by atoms with van der Waals surface area (Å²) in [6, 6.07) is 12.6. The van der Waals surface area contributed by atoms with Crippen LogP contribution >= 0.6 is 0 Å². The summed E-state index contributed by atoms with van der Waals surface area (Å²) in [6.45, 7) is 10.8. The van der Waals surface area contributed by atoms with Crippen molar-refractivity contribution >= 4 is 11.6 Å². The number of rotatable bonds is 6. The summed E-state index contributed by atoms with van der Waals surface area (Å²) in [4.78, 5) is 19.3. The zero-order valence-electron chi connectivity index (χ0n) is 18.4. The number of anilines is 1. The molecular weight excluding hydrogens is 362 g/mol. The van der Waals surface area contributed by atoms with Gasteiger partial charge in [0.15, 0.2) is 0 Å². The fourth-order valence-electron chi connectivity index (χ4n) is 3.98. The van der Waals surface area contributed by atoms with Gasteiger partial charge in [-0.2, -0.15) is 0 Å². The molecule has 5 heteroatoms. The zero-order valence-corrected chi connectivity index (χ0v) is 18.4. The summed E-state index contributed by atoms with van der Waals surface area (Å²) in [5, 5.41) is 0. The van der Waals surface area contributed by atoms with E-state index >= 15 is 0 Å². The third-order valence-electron chi connectivity index (χ3n) is 5.83. The zero-order chi connectivity index (χ0) is 21.0. The van der Waals surface area contributed by atoms with Gasteiger partial charge >= 0.3 is 0 Å². The van der Waals surface area contributed by atoms with Gasteiger partial charge in [-0.15, -0.1) is 0 Å². The van der Waals surface area contributed by atoms with Gasteiger partial charge in [0.05, 0.1) is 13.7 Å². The molecule has 29 heavy (non-hydrogen) atoms. The predicted octanol–water partition coefficient (Wildman–Crippen LogP) is 3.40. The first-order valence-electron chi connectivity index (χ1n) is 10.3. The molecule has 3 rings (SSSR count). The van der Waals surface area contributed by atoms with E-state index in [-0.39, 0.29) is 5.91 Å². The largest absolute Gasteiger partial charge is 0.496 e. The van der Waals surface area contributed by atoms with Crippen LogP contribution in [0, 0.1) is 20.8 Å². The number of carbonyl (C=O) groups excluding carboxylic acids is 1. The highest BCUT2D eigenvalue weighted by Crippen LogP contribution is 2.24. The average Bonchev–Trinajstić information content (AvgIpc) is 2.70. The smallest absolute Gasteiger partial charge is 0.236 e. The molecule has 1 aliphatic rings. The minimum atomic E-state index is 0.194. The van der Waals surface area contributed by atoms with Crippen LogP contribution in [0.3, 0.4) is 0 Å². The van der Waals surface area contributed by atoms with E-state index < -0.39 is 0 Å². The molecule has 0 bridgehead atoms. The summed E-state index contributed by atoms with van der Waals surface area (Å²) >= 11 is 0. The second kappa shape index (κ2) is 9.31. The van der Waals surface area contributed by atoms with E-state index in [1.54, 1.807) is 7.11 Å². The highest BCUT2D eigenvalue weighted by molar-refractivity contribution is 5.78. The molecule has 1 aliphatic heterocycles. The Morgan fingerprint density at radius 3 is 2.48 bits per heavy atom. The Labute approximate surface area is 174 Å². The molecule has 0 unspecified atom stereocenters. The number of nitrogens with zero attached hydrogens (tertiary/aromatic N) is 3. The van der Waals surface area contributed by atoms with E-state index in [1.807, 2.05) is 24.1 Å². The van der Waals surface area contributed by atoms with E-state index in [2.05, 4.69) is 54.8 Å². The number of amides is 1. The Hall–Kier alpha value is -2.53. The molecule has 0 aromatic heterocycles. The van der Waals surface area contributed by atoms with Crippen LogP contribution in [0.25, 0.3) is 0 Å². The van der Waals surface area contributed by atoms with Crippen molar-refractivity contribution in [3.8, 4) is 5.75 Å². The molecule has 0 N–H and O–H groups in total. The molecule has 2 aromatic rings. The van der Waals surface area contributed by atoms with E-state index in [9.17, 15) is 4.79 Å². The number of methoxy groups -OCH3 is 1. The molecule has 0 spiro atoms. The topological polar surface area (TPSA) is 36.0 Å². The van der Waals surface area contributed by atoms with Crippen molar-refractivity contribution in [1.82, 2.24) is 9.80 Å². The lowest BCUT2D eigenvalue weighted by Gasteiger charge is -2.37. The van der Waals surface area contributed by atoms with Crippen LogP contribution in [0.4, 0.5) is 5.69 Å². The fraction of sp³-hybridized carbons (Fsp3) is 0.458. The van der Waals surface area contributed by atoms with E-state index in [1.165, 1.54) is 22.4 Å². The first kappa shape index (κ1) is 21.2. The summed E-state index contributed by atoms with van der Waals surface area (Å²) in [5.41, 5.74) is 6.25. The maximum Gasteiger partial charge on any atom is 0.236 e. The second-order valence-corrected chi connectivity index (χ2v) is 8.07. The first-order chi connectivity index (χ1) is 13.9. The third kappa shape index (κ3) is 5.10. The van der Waals surface area contributed by atoms with Crippen molar-refractivity contribution in [2.24, 2.45) is 0 Å². The molecule has 5 nitrogen and oxygen atoms in total. The predicted molar refractivity (Wildman–Crippen MR) is 119 cm³/mol. The number of likely N-dealkylation sites (N-methyl/N-ethyl adjacent to an activating group) is 1. The molecule has 0 atom stereocenters. The highest BCUT2D eigenvalue weighted by atomic mass is 16.5. The number of ether oxygens (including phenoxy) is 1. The van der Waals surface area contributed by atoms with Crippen molar-refractivity contribution in [3.05, 3.63) is 58.7 Å². The lowest BCUT2D eigenvalue weighted by molar-refractivity contribution is -0.132. The number of aryl methyl sites for hydroxylation is 2. The number of carbonyl (C=O) groups is 1. The van der Waals surface area contributed by atoms with Gasteiger partial charge in [-0.3, -0.25) is 9.69 Å². The number of benzene rings is 2. The number of hydrogen-bond donors (Lipinski definition) is 0. The number of piperazine rings is 1. The Kier molecular flexibility index (Phi) is 6.80. The maximum absolute atomic E-state index is 12.8. The minimum absolute atomic E-state index is 0.194. The van der Waals surface area contributed by atoms with Crippen LogP contribution in [-0.4, -0.2) is 62.6 Å². The summed E-state index contributed by atoms with van der Waals surface area (Å²) in [6.07, 6.45) is 0. The molecule has 0 aliphatic carbocycles. The molecule has 0 radical (unpaired) electrons. The molecule has 156 valence electrons. The quantitative estimate of drug-likeness (QED) is 0.751. The standard InChI is InChI=1S/C24H33N3O2/c1-18-9-10-23(29-5)21(15-18)16-25(4)17-24(28)27-13-11-26(12-14-27)22-8-6-7-19(2)20(22)3/h6-10,15H,11-14,16-17H2,1-5H3. The SMILES string of the molecule is COc1ccc(C)cc1CN(C)CC(=O)N1CCN(c2cccc(C)c2C)CC1. The van der Waals surface area contributed by atoms with Crippen molar-refractivity contribution in [1.29, 1.82) is 0 Å². The molecule has 1 fully saturated rings. The minimum Gasteiger partial charge on any atom is -0.496 e. The first-order valence-corrected chi connectivity index (χ1v) is 10.3. The van der Waals surface area contributed by atoms with Gasteiger partial charge < -0.3 is 14.5 Å². The third-order valence-corrected chi connectivity index (χ3v) is 5.83. The van der Waals surface area contributed by atoms with Gasteiger partial charge in [-0.1, -0.05) is 29.8 Å². The summed E-state index contributed by atoms with van der Waals surface area (Å²) in [7, 11) is 3.68. The Morgan fingerprint density at radius 1 is 1.07 bits per heavy atom. The van der Waals surface area contributed by atoms with Crippen LogP contribution in [-0.2, 0) is 11.3 Å². The monoisotopic (exact) mass is 395 g/mol. The van der Waals surface area contributed by atoms with E-state index in [0.717, 1.165) is 37.5 Å². The highest BCUT2D eigenvalue weighted by Gasteiger charge is 2.23. The van der Waals surface area contributed by atoms with Crippen molar-refractivity contribution in [2.45, 2.75) is 27.3 Å². The molecule has 0 saturated carbocycles. The van der Waals surface area contributed by atoms with Crippen LogP contribution in [0.2, 0.25) is 0 Å². The Morgan fingerprint density at radius 2 is 1.79 bits per heavy atom. The van der Waals surface area contributed by atoms with E-state index in [0.29, 0.717) is 13.1 Å². The van der Waals surface area contributed by atoms with Crippen molar-refractivity contribution < 1.29 is 9.53 Å². The second-order valence-electron chi connectivity index (χ2n) is 8.07. The Balaban J connectivity index is 1.54. The summed E-state index contributed by atoms with van der Waals surface area (Å²) in [5.74, 6) is 1.07. The average molecular weight is 396 g/mol. The molecule has 1 heterocycles. The van der Waals surface area contributed by atoms with Crippen LogP contribution < -0.4 is 9.64 Å². The van der Waals surface area contributed by atoms with Crippen molar-refractivity contribution in [2.75, 3.05) is 51.8 Å². The Bertz CT molecular complexity index is 857. The van der Waals surface area contributed by atoms with Gasteiger partial charge in [0.2, 0.25) is 5.91 Å². The lowest BCUT2D eigenvalue weighted by atomic mass is 10.1. The van der Waals surface area contributed by atoms with Crippen LogP contribution in [0.5, 0.6) is 5.75 Å². The van der Waals surface area contributed by atoms with Gasteiger partial charge in [0.25, 0.3) is 0 Å². The van der Waals surface area contributed by atoms with Gasteiger partial charge in [0.1, 0.15) is 5.75 Å². The molecule has 1 amide bonds. The normalized spacial score (nSPS) is 14.4. The van der Waals surface area contributed by atoms with Gasteiger partial charge in [-0.05, 0) is 51.1 Å². The maximum atomic E-state index is 12.8. The molecular formula is C24H33N3O2. The van der Waals surface area contributed by atoms with Gasteiger partial charge in [-0.25, -0.2) is 0 Å². The van der Waals surface area contributed by atoms with E-state index in [4.69, 9.17) is 4.74 Å². The lowest BCUT2D eigenvalue weighted by Crippen LogP contribution is -2.51. The summed E-state index contributed by atoms with van der Waals surface area (Å²) < 4.78 is 5.47. The van der Waals surface area contributed by atoms with Crippen LogP contribution in [0.1, 0.15) is 22.3 Å². The fourth-order valence-corrected chi connectivity index (χ4v) is 3.98. The molecule has 2 aromatic carbocycles. The number of hydrogen-bond acceptors (Lipinski definition) is 4. The van der Waals surface area contributed by atoms with Gasteiger partial charge in [0, 0.05) is 44.0 Å². The molecule has 1 saturated heterocycles. The van der Waals surface area contributed by atoms with Crippen LogP contribution in [0.15, 0.2) is 36.4 Å².